The SMILES string of the molecule is COC(=O)C1COCCN1C(=O)NCCCC(C)C(=O)O. The molecular weight excluding hydrogens is 280 g/mol. The van der Waals surface area contributed by atoms with Gasteiger partial charge < -0.3 is 24.8 Å². The number of morpholine rings is 1. The lowest BCUT2D eigenvalue weighted by Gasteiger charge is -2.33. The normalized spacial score (nSPS) is 19.7. The topological polar surface area (TPSA) is 105 Å². The molecule has 2 atom stereocenters. The van der Waals surface area contributed by atoms with Crippen LogP contribution in [-0.4, -0.2) is 67.4 Å². The third-order valence-corrected chi connectivity index (χ3v) is 3.37. The molecule has 2 unspecified atom stereocenters. The van der Waals surface area contributed by atoms with E-state index in [0.717, 1.165) is 0 Å². The molecule has 0 saturated carbocycles. The molecule has 1 rings (SSSR count). The number of methoxy groups -OCH3 is 1. The maximum absolute atomic E-state index is 12.0. The zero-order valence-corrected chi connectivity index (χ0v) is 12.3. The monoisotopic (exact) mass is 302 g/mol. The number of nitrogens with one attached hydrogen (secondary N) is 1. The second-order valence-corrected chi connectivity index (χ2v) is 4.92. The van der Waals surface area contributed by atoms with Crippen molar-refractivity contribution in [2.24, 2.45) is 5.92 Å². The minimum Gasteiger partial charge on any atom is -0.481 e. The van der Waals surface area contributed by atoms with Crippen molar-refractivity contribution in [2.75, 3.05) is 33.4 Å². The second-order valence-electron chi connectivity index (χ2n) is 4.92. The summed E-state index contributed by atoms with van der Waals surface area (Å²) in [5, 5.41) is 11.4. The largest absolute Gasteiger partial charge is 0.481 e. The fourth-order valence-corrected chi connectivity index (χ4v) is 2.01. The van der Waals surface area contributed by atoms with E-state index in [1.165, 1.54) is 12.0 Å². The molecule has 0 aliphatic carbocycles. The Hall–Kier alpha value is -1.83. The van der Waals surface area contributed by atoms with Crippen LogP contribution in [0.4, 0.5) is 4.79 Å². The van der Waals surface area contributed by atoms with Crippen LogP contribution in [0, 0.1) is 5.92 Å². The number of hydrogen-bond acceptors (Lipinski definition) is 5. The molecule has 21 heavy (non-hydrogen) atoms. The Morgan fingerprint density at radius 1 is 1.48 bits per heavy atom. The summed E-state index contributed by atoms with van der Waals surface area (Å²) in [6.07, 6.45) is 1.05. The van der Waals surface area contributed by atoms with Gasteiger partial charge in [-0.25, -0.2) is 9.59 Å². The van der Waals surface area contributed by atoms with E-state index >= 15 is 0 Å². The molecule has 8 nitrogen and oxygen atoms in total. The molecule has 1 fully saturated rings. The molecule has 1 aliphatic heterocycles. The van der Waals surface area contributed by atoms with E-state index in [1.54, 1.807) is 6.92 Å². The lowest BCUT2D eigenvalue weighted by atomic mass is 10.1. The third-order valence-electron chi connectivity index (χ3n) is 3.37. The summed E-state index contributed by atoms with van der Waals surface area (Å²) in [5.41, 5.74) is 0. The molecule has 2 N–H and O–H groups in total. The highest BCUT2D eigenvalue weighted by Crippen LogP contribution is 2.09. The maximum Gasteiger partial charge on any atom is 0.331 e. The van der Waals surface area contributed by atoms with Gasteiger partial charge >= 0.3 is 18.0 Å². The third kappa shape index (κ3) is 5.22. The van der Waals surface area contributed by atoms with Crippen molar-refractivity contribution in [3.05, 3.63) is 0 Å². The molecule has 0 aromatic rings. The van der Waals surface area contributed by atoms with Gasteiger partial charge in [-0.15, -0.1) is 0 Å². The fourth-order valence-electron chi connectivity index (χ4n) is 2.01. The van der Waals surface area contributed by atoms with Gasteiger partial charge in [0.25, 0.3) is 0 Å². The number of urea groups is 1. The van der Waals surface area contributed by atoms with E-state index < -0.39 is 23.9 Å². The van der Waals surface area contributed by atoms with Crippen molar-refractivity contribution in [3.8, 4) is 0 Å². The summed E-state index contributed by atoms with van der Waals surface area (Å²) in [4.78, 5) is 35.7. The average molecular weight is 302 g/mol. The number of carboxylic acid groups (broad SMARTS) is 1. The first kappa shape index (κ1) is 17.2. The van der Waals surface area contributed by atoms with Crippen LogP contribution < -0.4 is 5.32 Å². The Morgan fingerprint density at radius 3 is 2.81 bits per heavy atom. The lowest BCUT2D eigenvalue weighted by molar-refractivity contribution is -0.151. The average Bonchev–Trinajstić information content (AvgIpc) is 2.50. The number of carbonyl (C=O) groups excluding carboxylic acids is 2. The predicted octanol–water partition coefficient (Wildman–Crippen LogP) is 0.0707. The standard InChI is InChI=1S/C13H22N2O6/c1-9(11(16)17)4-3-5-14-13(19)15-6-7-21-8-10(15)12(18)20-2/h9-10H,3-8H2,1-2H3,(H,14,19)(H,16,17). The highest BCUT2D eigenvalue weighted by Gasteiger charge is 2.33. The second kappa shape index (κ2) is 8.46. The van der Waals surface area contributed by atoms with Gasteiger partial charge in [-0.2, -0.15) is 0 Å². The summed E-state index contributed by atoms with van der Waals surface area (Å²) < 4.78 is 9.83. The highest BCUT2D eigenvalue weighted by atomic mass is 16.5. The smallest absolute Gasteiger partial charge is 0.331 e. The molecule has 0 spiro atoms. The molecule has 0 aromatic heterocycles. The Balaban J connectivity index is 2.38. The van der Waals surface area contributed by atoms with E-state index in [4.69, 9.17) is 9.84 Å². The van der Waals surface area contributed by atoms with Crippen LogP contribution >= 0.6 is 0 Å². The summed E-state index contributed by atoms with van der Waals surface area (Å²) in [5.74, 6) is -1.79. The van der Waals surface area contributed by atoms with Crippen LogP contribution in [0.3, 0.4) is 0 Å². The van der Waals surface area contributed by atoms with Crippen molar-refractivity contribution in [1.29, 1.82) is 0 Å². The summed E-state index contributed by atoms with van der Waals surface area (Å²) in [7, 11) is 1.26. The van der Waals surface area contributed by atoms with Gasteiger partial charge in [-0.1, -0.05) is 6.92 Å². The molecule has 0 aromatic carbocycles. The van der Waals surface area contributed by atoms with Gasteiger partial charge in [-0.3, -0.25) is 4.79 Å². The Kier molecular flexibility index (Phi) is 6.93. The fraction of sp³-hybridized carbons (Fsp3) is 0.769. The molecule has 120 valence electrons. The van der Waals surface area contributed by atoms with Gasteiger partial charge in [-0.05, 0) is 12.8 Å². The van der Waals surface area contributed by atoms with Crippen molar-refractivity contribution in [2.45, 2.75) is 25.8 Å². The van der Waals surface area contributed by atoms with Crippen molar-refractivity contribution < 1.29 is 29.0 Å². The zero-order valence-electron chi connectivity index (χ0n) is 12.3. The number of aliphatic carboxylic acids is 1. The lowest BCUT2D eigenvalue weighted by Crippen LogP contribution is -2.56. The number of amides is 2. The quantitative estimate of drug-likeness (QED) is 0.531. The molecule has 2 amide bonds. The van der Waals surface area contributed by atoms with Crippen LogP contribution in [0.25, 0.3) is 0 Å². The van der Waals surface area contributed by atoms with Gasteiger partial charge in [0.2, 0.25) is 0 Å². The predicted molar refractivity (Wildman–Crippen MR) is 72.8 cm³/mol. The number of hydrogen-bond donors (Lipinski definition) is 2. The molecule has 1 saturated heterocycles. The Morgan fingerprint density at radius 2 is 2.19 bits per heavy atom. The molecule has 1 aliphatic rings. The van der Waals surface area contributed by atoms with Crippen LogP contribution in [0.5, 0.6) is 0 Å². The first-order valence-electron chi connectivity index (χ1n) is 6.90. The first-order valence-corrected chi connectivity index (χ1v) is 6.90. The van der Waals surface area contributed by atoms with Crippen molar-refractivity contribution in [1.82, 2.24) is 10.2 Å². The van der Waals surface area contributed by atoms with Crippen LogP contribution in [0.2, 0.25) is 0 Å². The van der Waals surface area contributed by atoms with Crippen molar-refractivity contribution in [3.63, 3.8) is 0 Å². The van der Waals surface area contributed by atoms with Crippen LogP contribution in [0.15, 0.2) is 0 Å². The van der Waals surface area contributed by atoms with E-state index in [2.05, 4.69) is 10.1 Å². The number of esters is 1. The highest BCUT2D eigenvalue weighted by molar-refractivity contribution is 5.84. The molecule has 1 heterocycles. The molecule has 0 bridgehead atoms. The maximum atomic E-state index is 12.0. The van der Waals surface area contributed by atoms with E-state index in [-0.39, 0.29) is 12.6 Å². The Labute approximate surface area is 123 Å². The number of nitrogens with zero attached hydrogens (tertiary/aromatic N) is 1. The van der Waals surface area contributed by atoms with Gasteiger partial charge in [0.05, 0.1) is 26.2 Å². The molecule has 0 radical (unpaired) electrons. The summed E-state index contributed by atoms with van der Waals surface area (Å²) in [6, 6.07) is -1.10. The van der Waals surface area contributed by atoms with Gasteiger partial charge in [0.15, 0.2) is 6.04 Å². The summed E-state index contributed by atoms with van der Waals surface area (Å²) in [6.45, 7) is 2.80. The number of rotatable bonds is 6. The number of carbonyl (C=O) groups is 3. The Bertz CT molecular complexity index is 387. The number of ether oxygens (including phenoxy) is 2. The molecular formula is C13H22N2O6. The van der Waals surface area contributed by atoms with Gasteiger partial charge in [0.1, 0.15) is 0 Å². The minimum atomic E-state index is -0.847. The van der Waals surface area contributed by atoms with E-state index in [0.29, 0.717) is 32.5 Å². The summed E-state index contributed by atoms with van der Waals surface area (Å²) >= 11 is 0. The van der Waals surface area contributed by atoms with E-state index in [9.17, 15) is 14.4 Å². The minimum absolute atomic E-state index is 0.121. The number of carboxylic acids is 1. The zero-order chi connectivity index (χ0) is 15.8. The van der Waals surface area contributed by atoms with Crippen LogP contribution in [0.1, 0.15) is 19.8 Å². The molecule has 8 heteroatoms. The van der Waals surface area contributed by atoms with Gasteiger partial charge in [0, 0.05) is 13.1 Å². The van der Waals surface area contributed by atoms with Crippen molar-refractivity contribution >= 4 is 18.0 Å². The van der Waals surface area contributed by atoms with E-state index in [1.807, 2.05) is 0 Å². The van der Waals surface area contributed by atoms with Crippen LogP contribution in [-0.2, 0) is 19.1 Å². The first-order chi connectivity index (χ1) is 9.97.